The SMILES string of the molecule is O=C(c1ccc(F)c(F)c1)C1CCCN1. The fourth-order valence-corrected chi connectivity index (χ4v) is 1.76. The van der Waals surface area contributed by atoms with Crippen LogP contribution in [0.5, 0.6) is 0 Å². The molecule has 4 heteroatoms. The third-order valence-electron chi connectivity index (χ3n) is 2.58. The molecule has 0 spiro atoms. The number of halogens is 2. The molecule has 1 saturated heterocycles. The van der Waals surface area contributed by atoms with Crippen molar-refractivity contribution in [2.75, 3.05) is 6.54 Å². The van der Waals surface area contributed by atoms with Gasteiger partial charge in [0.2, 0.25) is 0 Å². The fraction of sp³-hybridized carbons (Fsp3) is 0.364. The first-order valence-corrected chi connectivity index (χ1v) is 4.91. The second-order valence-electron chi connectivity index (χ2n) is 3.64. The molecule has 0 saturated carbocycles. The van der Waals surface area contributed by atoms with Crippen molar-refractivity contribution in [3.63, 3.8) is 0 Å². The third-order valence-corrected chi connectivity index (χ3v) is 2.58. The molecule has 1 aliphatic heterocycles. The number of hydrogen-bond donors (Lipinski definition) is 1. The maximum atomic E-state index is 12.9. The average molecular weight is 211 g/mol. The summed E-state index contributed by atoms with van der Waals surface area (Å²) in [5, 5.41) is 3.02. The van der Waals surface area contributed by atoms with Gasteiger partial charge in [-0.3, -0.25) is 4.79 Å². The summed E-state index contributed by atoms with van der Waals surface area (Å²) in [6, 6.07) is 3.02. The van der Waals surface area contributed by atoms with Gasteiger partial charge in [0.25, 0.3) is 0 Å². The van der Waals surface area contributed by atoms with Crippen molar-refractivity contribution in [2.45, 2.75) is 18.9 Å². The van der Waals surface area contributed by atoms with Crippen LogP contribution >= 0.6 is 0 Å². The maximum absolute atomic E-state index is 12.9. The van der Waals surface area contributed by atoms with Crippen molar-refractivity contribution in [3.05, 3.63) is 35.4 Å². The first kappa shape index (κ1) is 10.2. The van der Waals surface area contributed by atoms with E-state index in [0.717, 1.165) is 31.5 Å². The number of carbonyl (C=O) groups is 1. The summed E-state index contributed by atoms with van der Waals surface area (Å²) in [7, 11) is 0. The maximum Gasteiger partial charge on any atom is 0.179 e. The number of hydrogen-bond acceptors (Lipinski definition) is 2. The van der Waals surface area contributed by atoms with E-state index in [9.17, 15) is 13.6 Å². The highest BCUT2D eigenvalue weighted by molar-refractivity contribution is 6.00. The van der Waals surface area contributed by atoms with Gasteiger partial charge in [0, 0.05) is 5.56 Å². The van der Waals surface area contributed by atoms with Crippen LogP contribution in [0.2, 0.25) is 0 Å². The number of ketones is 1. The van der Waals surface area contributed by atoms with E-state index in [-0.39, 0.29) is 17.4 Å². The van der Waals surface area contributed by atoms with E-state index in [0.29, 0.717) is 0 Å². The van der Waals surface area contributed by atoms with Gasteiger partial charge in [0.15, 0.2) is 17.4 Å². The zero-order chi connectivity index (χ0) is 10.8. The van der Waals surface area contributed by atoms with Crippen molar-refractivity contribution in [1.82, 2.24) is 5.32 Å². The van der Waals surface area contributed by atoms with Crippen molar-refractivity contribution < 1.29 is 13.6 Å². The molecule has 2 nitrogen and oxygen atoms in total. The molecular formula is C11H11F2NO. The van der Waals surface area contributed by atoms with Gasteiger partial charge in [0.1, 0.15) is 0 Å². The summed E-state index contributed by atoms with van der Waals surface area (Å²) >= 11 is 0. The first-order valence-electron chi connectivity index (χ1n) is 4.91. The topological polar surface area (TPSA) is 29.1 Å². The molecule has 1 aliphatic rings. The van der Waals surface area contributed by atoms with Gasteiger partial charge in [-0.15, -0.1) is 0 Å². The predicted molar refractivity (Wildman–Crippen MR) is 51.7 cm³/mol. The molecule has 0 amide bonds. The molecule has 2 rings (SSSR count). The molecule has 1 unspecified atom stereocenters. The lowest BCUT2D eigenvalue weighted by Crippen LogP contribution is -2.30. The second kappa shape index (κ2) is 4.06. The van der Waals surface area contributed by atoms with Crippen LogP contribution in [0.4, 0.5) is 8.78 Å². The van der Waals surface area contributed by atoms with Crippen molar-refractivity contribution in [3.8, 4) is 0 Å². The lowest BCUT2D eigenvalue weighted by atomic mass is 10.0. The molecule has 0 bridgehead atoms. The molecule has 0 radical (unpaired) electrons. The number of benzene rings is 1. The Labute approximate surface area is 86.3 Å². The Morgan fingerprint density at radius 1 is 1.33 bits per heavy atom. The van der Waals surface area contributed by atoms with Gasteiger partial charge in [-0.25, -0.2) is 8.78 Å². The van der Waals surface area contributed by atoms with E-state index in [1.54, 1.807) is 0 Å². The smallest absolute Gasteiger partial charge is 0.179 e. The van der Waals surface area contributed by atoms with Gasteiger partial charge < -0.3 is 5.32 Å². The molecule has 15 heavy (non-hydrogen) atoms. The molecule has 1 atom stereocenters. The van der Waals surface area contributed by atoms with Crippen molar-refractivity contribution in [1.29, 1.82) is 0 Å². The Hall–Kier alpha value is -1.29. The Bertz CT molecular complexity index is 386. The predicted octanol–water partition coefficient (Wildman–Crippen LogP) is 1.90. The summed E-state index contributed by atoms with van der Waals surface area (Å²) in [4.78, 5) is 11.8. The van der Waals surface area contributed by atoms with Crippen molar-refractivity contribution in [2.24, 2.45) is 0 Å². The average Bonchev–Trinajstić information content (AvgIpc) is 2.74. The van der Waals surface area contributed by atoms with Gasteiger partial charge >= 0.3 is 0 Å². The summed E-state index contributed by atoms with van der Waals surface area (Å²) in [6.45, 7) is 0.806. The summed E-state index contributed by atoms with van der Waals surface area (Å²) in [5.74, 6) is -2.06. The van der Waals surface area contributed by atoms with Gasteiger partial charge in [-0.2, -0.15) is 0 Å². The lowest BCUT2D eigenvalue weighted by Gasteiger charge is -2.08. The minimum absolute atomic E-state index is 0.161. The minimum Gasteiger partial charge on any atom is -0.307 e. The largest absolute Gasteiger partial charge is 0.307 e. The fourth-order valence-electron chi connectivity index (χ4n) is 1.76. The molecule has 0 aromatic heterocycles. The highest BCUT2D eigenvalue weighted by atomic mass is 19.2. The summed E-state index contributed by atoms with van der Waals surface area (Å²) in [5.41, 5.74) is 0.230. The van der Waals surface area contributed by atoms with Crippen molar-refractivity contribution >= 4 is 5.78 Å². The monoisotopic (exact) mass is 211 g/mol. The van der Waals surface area contributed by atoms with E-state index in [2.05, 4.69) is 5.32 Å². The zero-order valence-corrected chi connectivity index (χ0v) is 8.09. The number of carbonyl (C=O) groups excluding carboxylic acids is 1. The van der Waals surface area contributed by atoms with Gasteiger partial charge in [-0.1, -0.05) is 0 Å². The Morgan fingerprint density at radius 2 is 2.13 bits per heavy atom. The van der Waals surface area contributed by atoms with Gasteiger partial charge in [0.05, 0.1) is 6.04 Å². The molecule has 1 N–H and O–H groups in total. The Balaban J connectivity index is 2.21. The molecule has 1 fully saturated rings. The van der Waals surface area contributed by atoms with Crippen LogP contribution in [-0.2, 0) is 0 Å². The summed E-state index contributed by atoms with van der Waals surface area (Å²) < 4.78 is 25.5. The van der Waals surface area contributed by atoms with E-state index < -0.39 is 11.6 Å². The quantitative estimate of drug-likeness (QED) is 0.757. The Kier molecular flexibility index (Phi) is 2.77. The van der Waals surface area contributed by atoms with Crippen LogP contribution in [0, 0.1) is 11.6 Å². The highest BCUT2D eigenvalue weighted by Gasteiger charge is 2.23. The van der Waals surface area contributed by atoms with Crippen LogP contribution in [0.25, 0.3) is 0 Å². The van der Waals surface area contributed by atoms with E-state index in [1.165, 1.54) is 6.07 Å². The molecule has 1 aromatic rings. The van der Waals surface area contributed by atoms with Gasteiger partial charge in [-0.05, 0) is 37.6 Å². The number of nitrogens with one attached hydrogen (secondary N) is 1. The first-order chi connectivity index (χ1) is 7.18. The van der Waals surface area contributed by atoms with Crippen LogP contribution < -0.4 is 5.32 Å². The highest BCUT2D eigenvalue weighted by Crippen LogP contribution is 2.14. The van der Waals surface area contributed by atoms with Crippen LogP contribution in [0.15, 0.2) is 18.2 Å². The summed E-state index contributed by atoms with van der Waals surface area (Å²) in [6.07, 6.45) is 1.71. The third kappa shape index (κ3) is 2.04. The lowest BCUT2D eigenvalue weighted by molar-refractivity contribution is 0.0952. The minimum atomic E-state index is -0.973. The molecule has 0 aliphatic carbocycles. The zero-order valence-electron chi connectivity index (χ0n) is 8.09. The number of Topliss-reactive ketones (excluding diaryl/α,β-unsaturated/α-hetero) is 1. The molecule has 1 aromatic carbocycles. The van der Waals surface area contributed by atoms with E-state index >= 15 is 0 Å². The van der Waals surface area contributed by atoms with Crippen LogP contribution in [0.1, 0.15) is 23.2 Å². The van der Waals surface area contributed by atoms with Crippen LogP contribution in [0.3, 0.4) is 0 Å². The van der Waals surface area contributed by atoms with Crippen LogP contribution in [-0.4, -0.2) is 18.4 Å². The van der Waals surface area contributed by atoms with E-state index in [1.807, 2.05) is 0 Å². The standard InChI is InChI=1S/C11H11F2NO/c12-8-4-3-7(6-9(8)13)11(15)10-2-1-5-14-10/h3-4,6,10,14H,1-2,5H2. The Morgan fingerprint density at radius 3 is 2.73 bits per heavy atom. The second-order valence-corrected chi connectivity index (χ2v) is 3.64. The number of rotatable bonds is 2. The normalized spacial score (nSPS) is 20.5. The molecular weight excluding hydrogens is 200 g/mol. The molecule has 1 heterocycles. The molecule has 80 valence electrons. The van der Waals surface area contributed by atoms with E-state index in [4.69, 9.17) is 0 Å².